The number of amides is 1. The maximum Gasteiger partial charge on any atom is 0.223 e. The highest BCUT2D eigenvalue weighted by Gasteiger charge is 2.58. The maximum absolute atomic E-state index is 12.2. The van der Waals surface area contributed by atoms with Gasteiger partial charge in [-0.2, -0.15) is 0 Å². The zero-order valence-corrected chi connectivity index (χ0v) is 12.0. The highest BCUT2D eigenvalue weighted by atomic mass is 16.2. The first-order chi connectivity index (χ1) is 9.12. The Labute approximate surface area is 115 Å². The molecule has 5 fully saturated rings. The summed E-state index contributed by atoms with van der Waals surface area (Å²) in [5, 5.41) is 7.27. The van der Waals surface area contributed by atoms with Crippen LogP contribution in [0.4, 0.5) is 0 Å². The second-order valence-electron chi connectivity index (χ2n) is 7.82. The van der Waals surface area contributed by atoms with Crippen molar-refractivity contribution in [2.75, 3.05) is 6.54 Å². The van der Waals surface area contributed by atoms with Crippen LogP contribution in [0.15, 0.2) is 0 Å². The van der Waals surface area contributed by atoms with Crippen molar-refractivity contribution in [1.29, 1.82) is 0 Å². The lowest BCUT2D eigenvalue weighted by Gasteiger charge is -2.62. The molecule has 4 bridgehead atoms. The van der Waals surface area contributed by atoms with E-state index in [0.717, 1.165) is 31.2 Å². The molecule has 0 spiro atoms. The first kappa shape index (κ1) is 12.2. The zero-order valence-electron chi connectivity index (χ0n) is 12.0. The van der Waals surface area contributed by atoms with Gasteiger partial charge in [0, 0.05) is 17.0 Å². The molecule has 0 aromatic heterocycles. The van der Waals surface area contributed by atoms with E-state index in [4.69, 9.17) is 0 Å². The van der Waals surface area contributed by atoms with Gasteiger partial charge in [-0.25, -0.2) is 0 Å². The highest BCUT2D eigenvalue weighted by molar-refractivity contribution is 5.81. The van der Waals surface area contributed by atoms with E-state index in [1.165, 1.54) is 38.5 Å². The molecule has 5 aliphatic rings. The Morgan fingerprint density at radius 3 is 2.32 bits per heavy atom. The smallest absolute Gasteiger partial charge is 0.223 e. The van der Waals surface area contributed by atoms with Crippen LogP contribution in [-0.2, 0) is 4.79 Å². The van der Waals surface area contributed by atoms with E-state index in [1.807, 2.05) is 0 Å². The fourth-order valence-electron chi connectivity index (χ4n) is 5.70. The monoisotopic (exact) mass is 262 g/mol. The lowest BCUT2D eigenvalue weighted by Crippen LogP contribution is -2.69. The van der Waals surface area contributed by atoms with E-state index < -0.39 is 0 Å². The van der Waals surface area contributed by atoms with Gasteiger partial charge in [0.25, 0.3) is 0 Å². The fourth-order valence-corrected chi connectivity index (χ4v) is 5.70. The Bertz CT molecular complexity index is 388. The van der Waals surface area contributed by atoms with Crippen LogP contribution in [0.3, 0.4) is 0 Å². The molecule has 106 valence electrons. The lowest BCUT2D eigenvalue weighted by atomic mass is 9.50. The van der Waals surface area contributed by atoms with E-state index in [1.54, 1.807) is 0 Å². The quantitative estimate of drug-likeness (QED) is 0.815. The summed E-state index contributed by atoms with van der Waals surface area (Å²) in [5.74, 6) is 2.40. The molecule has 2 N–H and O–H groups in total. The predicted octanol–water partition coefficient (Wildman–Crippen LogP) is 2.21. The normalized spacial score (nSPS) is 47.4. The Balaban J connectivity index is 1.56. The van der Waals surface area contributed by atoms with Gasteiger partial charge >= 0.3 is 0 Å². The Hall–Kier alpha value is -0.570. The highest BCUT2D eigenvalue weighted by Crippen LogP contribution is 2.57. The Kier molecular flexibility index (Phi) is 2.55. The summed E-state index contributed by atoms with van der Waals surface area (Å²) in [7, 11) is 0. The summed E-state index contributed by atoms with van der Waals surface area (Å²) in [6.07, 6.45) is 10.0. The van der Waals surface area contributed by atoms with Crippen molar-refractivity contribution >= 4 is 5.91 Å². The zero-order chi connectivity index (χ0) is 13.1. The molecule has 5 rings (SSSR count). The second kappa shape index (κ2) is 3.97. The largest absolute Gasteiger partial charge is 0.350 e. The van der Waals surface area contributed by atoms with Gasteiger partial charge in [0.1, 0.15) is 0 Å². The third-order valence-electron chi connectivity index (χ3n) is 5.95. The van der Waals surface area contributed by atoms with Gasteiger partial charge in [-0.3, -0.25) is 4.79 Å². The van der Waals surface area contributed by atoms with Crippen molar-refractivity contribution in [3.05, 3.63) is 0 Å². The summed E-state index contributed by atoms with van der Waals surface area (Å²) in [6, 6.07) is 0. The van der Waals surface area contributed by atoms with E-state index in [0.29, 0.717) is 17.4 Å². The van der Waals surface area contributed by atoms with Gasteiger partial charge in [0.05, 0.1) is 0 Å². The van der Waals surface area contributed by atoms with Gasteiger partial charge in [-0.15, -0.1) is 0 Å². The van der Waals surface area contributed by atoms with E-state index >= 15 is 0 Å². The molecule has 5 saturated carbocycles. The van der Waals surface area contributed by atoms with Crippen LogP contribution in [0.5, 0.6) is 0 Å². The minimum absolute atomic E-state index is 0.145. The summed E-state index contributed by atoms with van der Waals surface area (Å²) < 4.78 is 0. The third-order valence-corrected chi connectivity index (χ3v) is 5.95. The number of hydrogen-bond acceptors (Lipinski definition) is 2. The average molecular weight is 262 g/mol. The molecule has 0 aromatic carbocycles. The van der Waals surface area contributed by atoms with Crippen molar-refractivity contribution in [3.8, 4) is 0 Å². The van der Waals surface area contributed by atoms with Crippen LogP contribution in [0.2, 0.25) is 0 Å². The van der Waals surface area contributed by atoms with Crippen LogP contribution < -0.4 is 10.6 Å². The van der Waals surface area contributed by atoms with Crippen molar-refractivity contribution < 1.29 is 4.79 Å². The van der Waals surface area contributed by atoms with Crippen molar-refractivity contribution in [3.63, 3.8) is 0 Å². The topological polar surface area (TPSA) is 41.1 Å². The molecule has 1 amide bonds. The number of hydrogen-bond donors (Lipinski definition) is 2. The number of nitrogens with one attached hydrogen (secondary N) is 2. The first-order valence-electron chi connectivity index (χ1n) is 8.19. The molecular formula is C16H26N2O. The molecular weight excluding hydrogens is 236 g/mol. The standard InChI is InChI=1S/C16H26N2O/c1-2-17-15-6-11-5-12(7-15)9-16(8-11,10-15)18-14(19)13-3-4-13/h11-13,17H,2-10H2,1H3,(H,18,19). The lowest BCUT2D eigenvalue weighted by molar-refractivity contribution is -0.129. The minimum atomic E-state index is 0.145. The molecule has 5 aliphatic carbocycles. The van der Waals surface area contributed by atoms with Gasteiger partial charge in [0.2, 0.25) is 5.91 Å². The van der Waals surface area contributed by atoms with E-state index in [9.17, 15) is 4.79 Å². The van der Waals surface area contributed by atoms with Crippen molar-refractivity contribution in [2.24, 2.45) is 17.8 Å². The molecule has 2 unspecified atom stereocenters. The molecule has 3 heteroatoms. The molecule has 2 atom stereocenters. The van der Waals surface area contributed by atoms with Gasteiger partial charge in [-0.1, -0.05) is 6.92 Å². The molecule has 0 heterocycles. The second-order valence-corrected chi connectivity index (χ2v) is 7.82. The number of rotatable bonds is 4. The fraction of sp³-hybridized carbons (Fsp3) is 0.938. The molecule has 19 heavy (non-hydrogen) atoms. The van der Waals surface area contributed by atoms with Crippen LogP contribution in [-0.4, -0.2) is 23.5 Å². The van der Waals surface area contributed by atoms with Gasteiger partial charge in [-0.05, 0) is 69.7 Å². The van der Waals surface area contributed by atoms with Crippen LogP contribution in [0.25, 0.3) is 0 Å². The molecule has 0 radical (unpaired) electrons. The molecule has 0 aromatic rings. The van der Waals surface area contributed by atoms with Crippen molar-refractivity contribution in [1.82, 2.24) is 10.6 Å². The van der Waals surface area contributed by atoms with Crippen molar-refractivity contribution in [2.45, 2.75) is 69.4 Å². The van der Waals surface area contributed by atoms with Crippen LogP contribution >= 0.6 is 0 Å². The minimum Gasteiger partial charge on any atom is -0.350 e. The average Bonchev–Trinajstić information content (AvgIpc) is 3.08. The summed E-state index contributed by atoms with van der Waals surface area (Å²) >= 11 is 0. The van der Waals surface area contributed by atoms with Crippen LogP contribution in [0.1, 0.15) is 58.3 Å². The molecule has 3 nitrogen and oxygen atoms in total. The number of carbonyl (C=O) groups excluding carboxylic acids is 1. The summed E-state index contributed by atoms with van der Waals surface area (Å²) in [5.41, 5.74) is 0.488. The third kappa shape index (κ3) is 2.01. The predicted molar refractivity (Wildman–Crippen MR) is 74.7 cm³/mol. The van der Waals surface area contributed by atoms with Crippen LogP contribution in [0, 0.1) is 17.8 Å². The van der Waals surface area contributed by atoms with E-state index in [2.05, 4.69) is 17.6 Å². The summed E-state index contributed by atoms with van der Waals surface area (Å²) in [6.45, 7) is 3.28. The summed E-state index contributed by atoms with van der Waals surface area (Å²) in [4.78, 5) is 12.2. The first-order valence-corrected chi connectivity index (χ1v) is 8.19. The molecule has 0 saturated heterocycles. The Morgan fingerprint density at radius 2 is 1.74 bits per heavy atom. The van der Waals surface area contributed by atoms with E-state index in [-0.39, 0.29) is 5.54 Å². The van der Waals surface area contributed by atoms with Gasteiger partial charge < -0.3 is 10.6 Å². The Morgan fingerprint density at radius 1 is 1.11 bits per heavy atom. The molecule has 0 aliphatic heterocycles. The maximum atomic E-state index is 12.2. The van der Waals surface area contributed by atoms with Gasteiger partial charge in [0.15, 0.2) is 0 Å². The number of carbonyl (C=O) groups is 1. The SMILES string of the molecule is CCNC12CC3CC(C1)CC(NC(=O)C1CC1)(C3)C2.